The van der Waals surface area contributed by atoms with Gasteiger partial charge in [0, 0.05) is 5.56 Å². The molecular weight excluding hydrogens is 292 g/mol. The first-order valence-corrected chi connectivity index (χ1v) is 7.93. The van der Waals surface area contributed by atoms with Crippen LogP contribution in [0.5, 0.6) is 0 Å². The van der Waals surface area contributed by atoms with Crippen molar-refractivity contribution in [1.82, 2.24) is 0 Å². The molecule has 1 aromatic rings. The van der Waals surface area contributed by atoms with Crippen molar-refractivity contribution in [2.45, 2.75) is 38.0 Å². The first-order chi connectivity index (χ1) is 9.57. The Bertz CT molecular complexity index is 692. The first-order valence-electron chi connectivity index (χ1n) is 6.39. The van der Waals surface area contributed by atoms with Gasteiger partial charge in [-0.25, -0.2) is 13.6 Å². The van der Waals surface area contributed by atoms with Crippen LogP contribution < -0.4 is 16.6 Å². The molecule has 1 unspecified atom stereocenters. The van der Waals surface area contributed by atoms with Crippen LogP contribution in [0.3, 0.4) is 0 Å². The van der Waals surface area contributed by atoms with E-state index in [1.54, 1.807) is 13.0 Å². The van der Waals surface area contributed by atoms with Crippen LogP contribution in [0.15, 0.2) is 22.0 Å². The summed E-state index contributed by atoms with van der Waals surface area (Å²) in [5, 5.41) is 5.16. The van der Waals surface area contributed by atoms with E-state index in [0.29, 0.717) is 11.1 Å². The summed E-state index contributed by atoms with van der Waals surface area (Å²) in [5.41, 5.74) is 11.7. The molecule has 21 heavy (non-hydrogen) atoms. The molecule has 0 saturated carbocycles. The fourth-order valence-electron chi connectivity index (χ4n) is 2.01. The Balaban J connectivity index is 3.64. The van der Waals surface area contributed by atoms with Crippen molar-refractivity contribution in [2.24, 2.45) is 21.6 Å². The molecule has 0 aliphatic carbocycles. The van der Waals surface area contributed by atoms with E-state index in [9.17, 15) is 13.2 Å². The zero-order chi connectivity index (χ0) is 16.4. The third-order valence-corrected chi connectivity index (χ3v) is 4.31. The topological polar surface area (TPSA) is 142 Å². The van der Waals surface area contributed by atoms with Crippen molar-refractivity contribution < 1.29 is 13.2 Å². The Morgan fingerprint density at radius 3 is 2.33 bits per heavy atom. The number of primary sulfonamides is 1. The molecule has 1 aromatic carbocycles. The molecule has 7 nitrogen and oxygen atoms in total. The smallest absolute Gasteiger partial charge is 0.280 e. The van der Waals surface area contributed by atoms with Crippen molar-refractivity contribution in [3.05, 3.63) is 28.8 Å². The molecule has 6 N–H and O–H groups in total. The predicted molar refractivity (Wildman–Crippen MR) is 81.4 cm³/mol. The van der Waals surface area contributed by atoms with E-state index in [0.717, 1.165) is 6.42 Å². The van der Waals surface area contributed by atoms with Gasteiger partial charge in [0.05, 0.1) is 4.90 Å². The largest absolute Gasteiger partial charge is 0.370 e. The summed E-state index contributed by atoms with van der Waals surface area (Å²) in [6.07, 6.45) is 0.774. The van der Waals surface area contributed by atoms with Crippen molar-refractivity contribution in [2.75, 3.05) is 0 Å². The summed E-state index contributed by atoms with van der Waals surface area (Å²) in [6, 6.07) is 2.88. The molecule has 0 aliphatic rings. The van der Waals surface area contributed by atoms with Gasteiger partial charge < -0.3 is 11.5 Å². The lowest BCUT2D eigenvalue weighted by molar-refractivity contribution is 0.100. The number of carbonyl (C=O) groups is 1. The number of carbonyl (C=O) groups excluding carboxylic acids is 1. The molecule has 8 heteroatoms. The molecule has 0 radical (unpaired) electrons. The van der Waals surface area contributed by atoms with Gasteiger partial charge in [0.2, 0.25) is 10.0 Å². The summed E-state index contributed by atoms with van der Waals surface area (Å²) in [4.78, 5) is 15.5. The van der Waals surface area contributed by atoms with Crippen LogP contribution in [0.1, 0.15) is 47.7 Å². The summed E-state index contributed by atoms with van der Waals surface area (Å²) in [6.45, 7) is 5.51. The lowest BCUT2D eigenvalue weighted by Crippen LogP contribution is -2.25. The molecule has 0 heterocycles. The molecule has 0 saturated heterocycles. The molecule has 1 rings (SSSR count). The van der Waals surface area contributed by atoms with Gasteiger partial charge in [-0.1, -0.05) is 19.9 Å². The molecule has 116 valence electrons. The van der Waals surface area contributed by atoms with Gasteiger partial charge >= 0.3 is 0 Å². The van der Waals surface area contributed by atoms with Crippen LogP contribution in [-0.2, 0) is 10.0 Å². The average molecular weight is 312 g/mol. The molecule has 0 spiro atoms. The Labute approximate surface area is 124 Å². The van der Waals surface area contributed by atoms with Crippen molar-refractivity contribution >= 4 is 21.9 Å². The molecule has 0 bridgehead atoms. The maximum atomic E-state index is 12.1. The lowest BCUT2D eigenvalue weighted by atomic mass is 9.92. The quantitative estimate of drug-likeness (QED) is 0.550. The van der Waals surface area contributed by atoms with Crippen LogP contribution in [0.4, 0.5) is 0 Å². The van der Waals surface area contributed by atoms with E-state index in [1.165, 1.54) is 6.07 Å². The molecular formula is C13H20N4O3S. The number of nitrogens with zero attached hydrogens (tertiary/aromatic N) is 1. The van der Waals surface area contributed by atoms with Gasteiger partial charge in [-0.15, -0.1) is 0 Å². The van der Waals surface area contributed by atoms with Gasteiger partial charge in [-0.2, -0.15) is 4.99 Å². The Morgan fingerprint density at radius 1 is 1.33 bits per heavy atom. The molecule has 0 aromatic heterocycles. The minimum atomic E-state index is -3.93. The number of benzene rings is 1. The predicted octanol–water partition coefficient (Wildman–Crippen LogP) is 0.570. The van der Waals surface area contributed by atoms with Crippen LogP contribution in [-0.4, -0.2) is 20.3 Å². The molecule has 1 amide bonds. The number of sulfonamides is 1. The SMILES string of the molecule is CCC(C)c1cc(C)c(S(N)(=O)=O)cc1C(=O)N=C(N)N. The number of guanidine groups is 1. The third kappa shape index (κ3) is 4.02. The Hall–Kier alpha value is -1.93. The number of nitrogens with two attached hydrogens (primary N) is 3. The van der Waals surface area contributed by atoms with E-state index < -0.39 is 15.9 Å². The monoisotopic (exact) mass is 312 g/mol. The number of amides is 1. The molecule has 1 atom stereocenters. The fraction of sp³-hybridized carbons (Fsp3) is 0.385. The first kappa shape index (κ1) is 17.1. The van der Waals surface area contributed by atoms with E-state index in [4.69, 9.17) is 16.6 Å². The van der Waals surface area contributed by atoms with Crippen LogP contribution >= 0.6 is 0 Å². The highest BCUT2D eigenvalue weighted by Gasteiger charge is 2.21. The van der Waals surface area contributed by atoms with E-state index in [1.807, 2.05) is 13.8 Å². The summed E-state index contributed by atoms with van der Waals surface area (Å²) in [5.74, 6) is -1.02. The number of hydrogen-bond donors (Lipinski definition) is 3. The highest BCUT2D eigenvalue weighted by Crippen LogP contribution is 2.28. The second-order valence-corrected chi connectivity index (χ2v) is 6.43. The summed E-state index contributed by atoms with van der Waals surface area (Å²) >= 11 is 0. The van der Waals surface area contributed by atoms with Gasteiger partial charge in [-0.05, 0) is 36.5 Å². The fourth-order valence-corrected chi connectivity index (χ4v) is 2.80. The van der Waals surface area contributed by atoms with Crippen molar-refractivity contribution in [1.29, 1.82) is 0 Å². The van der Waals surface area contributed by atoms with E-state index >= 15 is 0 Å². The van der Waals surface area contributed by atoms with Gasteiger partial charge in [-0.3, -0.25) is 4.79 Å². The van der Waals surface area contributed by atoms with Gasteiger partial charge in [0.1, 0.15) is 0 Å². The van der Waals surface area contributed by atoms with E-state index in [-0.39, 0.29) is 22.3 Å². The summed E-state index contributed by atoms with van der Waals surface area (Å²) < 4.78 is 23.2. The number of hydrogen-bond acceptors (Lipinski definition) is 3. The normalized spacial score (nSPS) is 12.8. The zero-order valence-corrected chi connectivity index (χ0v) is 13.1. The number of rotatable bonds is 4. The zero-order valence-electron chi connectivity index (χ0n) is 12.3. The minimum absolute atomic E-state index is 0.0476. The summed E-state index contributed by atoms with van der Waals surface area (Å²) in [7, 11) is -3.93. The standard InChI is InChI=1S/C13H20N4O3S/c1-4-7(2)9-5-8(3)11(21(16,19)20)6-10(9)12(18)17-13(14)15/h5-7H,4H2,1-3H3,(H2,16,19,20)(H4,14,15,17,18). The van der Waals surface area contributed by atoms with Crippen LogP contribution in [0.25, 0.3) is 0 Å². The number of aryl methyl sites for hydroxylation is 1. The van der Waals surface area contributed by atoms with Crippen LogP contribution in [0.2, 0.25) is 0 Å². The van der Waals surface area contributed by atoms with Crippen LogP contribution in [0, 0.1) is 6.92 Å². The van der Waals surface area contributed by atoms with Gasteiger partial charge in [0.25, 0.3) is 5.91 Å². The Morgan fingerprint density at radius 2 is 1.90 bits per heavy atom. The average Bonchev–Trinajstić information content (AvgIpc) is 2.34. The highest BCUT2D eigenvalue weighted by atomic mass is 32.2. The van der Waals surface area contributed by atoms with Gasteiger partial charge in [0.15, 0.2) is 5.96 Å². The molecule has 0 fully saturated rings. The second-order valence-electron chi connectivity index (χ2n) is 4.90. The molecule has 0 aliphatic heterocycles. The van der Waals surface area contributed by atoms with Crippen molar-refractivity contribution in [3.63, 3.8) is 0 Å². The number of aliphatic imine (C=N–C) groups is 1. The third-order valence-electron chi connectivity index (χ3n) is 3.26. The second kappa shape index (κ2) is 6.23. The van der Waals surface area contributed by atoms with E-state index in [2.05, 4.69) is 4.99 Å². The lowest BCUT2D eigenvalue weighted by Gasteiger charge is -2.16. The highest BCUT2D eigenvalue weighted by molar-refractivity contribution is 7.89. The minimum Gasteiger partial charge on any atom is -0.370 e. The Kier molecular flexibility index (Phi) is 5.08. The van der Waals surface area contributed by atoms with Crippen molar-refractivity contribution in [3.8, 4) is 0 Å². The maximum absolute atomic E-state index is 12.1. The maximum Gasteiger partial charge on any atom is 0.280 e.